The van der Waals surface area contributed by atoms with Gasteiger partial charge < -0.3 is 5.32 Å². The van der Waals surface area contributed by atoms with Crippen LogP contribution in [-0.4, -0.2) is 11.9 Å². The Hall–Kier alpha value is -1.83. The number of carbonyl (C=O) groups is 1. The van der Waals surface area contributed by atoms with Gasteiger partial charge in [-0.3, -0.25) is 4.79 Å². The van der Waals surface area contributed by atoms with Crippen molar-refractivity contribution in [3.05, 3.63) is 48.0 Å². The molecule has 0 unspecified atom stereocenters. The third kappa shape index (κ3) is 3.32. The predicted octanol–water partition coefficient (Wildman–Crippen LogP) is 4.32. The summed E-state index contributed by atoms with van der Waals surface area (Å²) in [6.45, 7) is 4.57. The molecule has 116 valence electrons. The lowest BCUT2D eigenvalue weighted by atomic mass is 9.78. The Morgan fingerprint density at radius 2 is 1.86 bits per heavy atom. The second-order valence-corrected chi connectivity index (χ2v) is 6.80. The number of amides is 1. The van der Waals surface area contributed by atoms with E-state index in [9.17, 15) is 4.79 Å². The van der Waals surface area contributed by atoms with Gasteiger partial charge in [-0.05, 0) is 34.6 Å². The Balaban J connectivity index is 1.65. The van der Waals surface area contributed by atoms with Gasteiger partial charge in [0.05, 0.1) is 6.42 Å². The number of rotatable bonds is 3. The highest BCUT2D eigenvalue weighted by Crippen LogP contribution is 2.29. The third-order valence-electron chi connectivity index (χ3n) is 5.23. The number of carbonyl (C=O) groups excluding carboxylic acids is 1. The Kier molecular flexibility index (Phi) is 4.47. The molecule has 1 fully saturated rings. The van der Waals surface area contributed by atoms with Crippen molar-refractivity contribution in [3.8, 4) is 0 Å². The van der Waals surface area contributed by atoms with Gasteiger partial charge in [0.2, 0.25) is 5.91 Å². The molecule has 1 saturated carbocycles. The highest BCUT2D eigenvalue weighted by Gasteiger charge is 2.27. The van der Waals surface area contributed by atoms with Crippen molar-refractivity contribution in [2.24, 2.45) is 11.8 Å². The maximum atomic E-state index is 12.4. The number of hydrogen-bond acceptors (Lipinski definition) is 1. The quantitative estimate of drug-likeness (QED) is 0.897. The lowest BCUT2D eigenvalue weighted by molar-refractivity contribution is -0.121. The van der Waals surface area contributed by atoms with Gasteiger partial charge in [-0.1, -0.05) is 69.2 Å². The maximum absolute atomic E-state index is 12.4. The molecule has 0 saturated heterocycles. The Bertz CT molecular complexity index is 664. The summed E-state index contributed by atoms with van der Waals surface area (Å²) < 4.78 is 0. The summed E-state index contributed by atoms with van der Waals surface area (Å²) in [5.74, 6) is 1.44. The SMILES string of the molecule is C[C@H]1[C@H](C)CCC[C@@H]1NC(=O)Cc1ccc2ccccc2c1. The molecule has 0 aromatic heterocycles. The molecule has 2 heteroatoms. The summed E-state index contributed by atoms with van der Waals surface area (Å²) in [5, 5.41) is 5.68. The van der Waals surface area contributed by atoms with Crippen molar-refractivity contribution in [3.63, 3.8) is 0 Å². The lowest BCUT2D eigenvalue weighted by Crippen LogP contribution is -2.44. The minimum absolute atomic E-state index is 0.154. The molecule has 1 aliphatic carbocycles. The Labute approximate surface area is 132 Å². The van der Waals surface area contributed by atoms with Crippen molar-refractivity contribution in [1.82, 2.24) is 5.32 Å². The summed E-state index contributed by atoms with van der Waals surface area (Å²) in [5.41, 5.74) is 1.09. The van der Waals surface area contributed by atoms with E-state index in [1.54, 1.807) is 0 Å². The van der Waals surface area contributed by atoms with Crippen LogP contribution >= 0.6 is 0 Å². The van der Waals surface area contributed by atoms with Crippen LogP contribution in [0.1, 0.15) is 38.7 Å². The van der Waals surface area contributed by atoms with E-state index in [-0.39, 0.29) is 5.91 Å². The average molecular weight is 295 g/mol. The van der Waals surface area contributed by atoms with E-state index in [2.05, 4.69) is 49.5 Å². The fourth-order valence-corrected chi connectivity index (χ4v) is 3.58. The van der Waals surface area contributed by atoms with Crippen molar-refractivity contribution < 1.29 is 4.79 Å². The van der Waals surface area contributed by atoms with Gasteiger partial charge in [0, 0.05) is 6.04 Å². The minimum Gasteiger partial charge on any atom is -0.353 e. The van der Waals surface area contributed by atoms with E-state index in [4.69, 9.17) is 0 Å². The van der Waals surface area contributed by atoms with Gasteiger partial charge in [0.1, 0.15) is 0 Å². The highest BCUT2D eigenvalue weighted by atomic mass is 16.1. The summed E-state index contributed by atoms with van der Waals surface area (Å²) in [6, 6.07) is 14.9. The van der Waals surface area contributed by atoms with Gasteiger partial charge in [-0.2, -0.15) is 0 Å². The first kappa shape index (κ1) is 15.1. The lowest BCUT2D eigenvalue weighted by Gasteiger charge is -2.34. The second-order valence-electron chi connectivity index (χ2n) is 6.80. The van der Waals surface area contributed by atoms with E-state index in [0.29, 0.717) is 24.3 Å². The molecule has 1 aliphatic rings. The second kappa shape index (κ2) is 6.51. The van der Waals surface area contributed by atoms with E-state index in [1.165, 1.54) is 23.6 Å². The van der Waals surface area contributed by atoms with Crippen molar-refractivity contribution in [1.29, 1.82) is 0 Å². The van der Waals surface area contributed by atoms with Crippen LogP contribution in [0.15, 0.2) is 42.5 Å². The molecule has 2 nitrogen and oxygen atoms in total. The molecule has 2 aromatic rings. The summed E-state index contributed by atoms with van der Waals surface area (Å²) >= 11 is 0. The molecule has 0 radical (unpaired) electrons. The molecular weight excluding hydrogens is 270 g/mol. The van der Waals surface area contributed by atoms with Crippen LogP contribution < -0.4 is 5.32 Å². The molecular formula is C20H25NO. The van der Waals surface area contributed by atoms with Gasteiger partial charge in [0.25, 0.3) is 0 Å². The van der Waals surface area contributed by atoms with Crippen molar-refractivity contribution in [2.75, 3.05) is 0 Å². The van der Waals surface area contributed by atoms with E-state index in [1.807, 2.05) is 12.1 Å². The molecule has 0 heterocycles. The number of fused-ring (bicyclic) bond motifs is 1. The maximum Gasteiger partial charge on any atom is 0.224 e. The van der Waals surface area contributed by atoms with Gasteiger partial charge in [-0.25, -0.2) is 0 Å². The van der Waals surface area contributed by atoms with Gasteiger partial charge in [0.15, 0.2) is 0 Å². The molecule has 1 N–H and O–H groups in total. The fourth-order valence-electron chi connectivity index (χ4n) is 3.58. The third-order valence-corrected chi connectivity index (χ3v) is 5.23. The first-order valence-electron chi connectivity index (χ1n) is 8.40. The monoisotopic (exact) mass is 295 g/mol. The molecule has 3 atom stereocenters. The summed E-state index contributed by atoms with van der Waals surface area (Å²) in [7, 11) is 0. The molecule has 1 amide bonds. The molecule has 22 heavy (non-hydrogen) atoms. The smallest absolute Gasteiger partial charge is 0.224 e. The van der Waals surface area contributed by atoms with E-state index >= 15 is 0 Å². The van der Waals surface area contributed by atoms with E-state index in [0.717, 1.165) is 12.0 Å². The van der Waals surface area contributed by atoms with Crippen LogP contribution in [0.2, 0.25) is 0 Å². The molecule has 3 rings (SSSR count). The van der Waals surface area contributed by atoms with Crippen LogP contribution in [0.3, 0.4) is 0 Å². The van der Waals surface area contributed by atoms with Crippen LogP contribution in [0.5, 0.6) is 0 Å². The van der Waals surface area contributed by atoms with Crippen molar-refractivity contribution in [2.45, 2.75) is 45.6 Å². The van der Waals surface area contributed by atoms with E-state index < -0.39 is 0 Å². The fraction of sp³-hybridized carbons (Fsp3) is 0.450. The van der Waals surface area contributed by atoms with Crippen LogP contribution in [0.4, 0.5) is 0 Å². The zero-order valence-corrected chi connectivity index (χ0v) is 13.5. The first-order valence-corrected chi connectivity index (χ1v) is 8.40. The Morgan fingerprint density at radius 3 is 2.68 bits per heavy atom. The van der Waals surface area contributed by atoms with Gasteiger partial charge >= 0.3 is 0 Å². The van der Waals surface area contributed by atoms with Crippen LogP contribution in [0, 0.1) is 11.8 Å². The Morgan fingerprint density at radius 1 is 1.09 bits per heavy atom. The molecule has 0 aliphatic heterocycles. The number of nitrogens with one attached hydrogen (secondary N) is 1. The minimum atomic E-state index is 0.154. The zero-order valence-electron chi connectivity index (χ0n) is 13.5. The average Bonchev–Trinajstić information content (AvgIpc) is 2.52. The first-order chi connectivity index (χ1) is 10.6. The summed E-state index contributed by atoms with van der Waals surface area (Å²) in [4.78, 5) is 12.4. The van der Waals surface area contributed by atoms with Crippen LogP contribution in [-0.2, 0) is 11.2 Å². The largest absolute Gasteiger partial charge is 0.353 e. The standard InChI is InChI=1S/C20H25NO/c1-14-6-5-9-19(15(14)2)21-20(22)13-16-10-11-17-7-3-4-8-18(17)12-16/h3-4,7-8,10-12,14-15,19H,5-6,9,13H2,1-2H3,(H,21,22)/t14-,15+,19+/m1/s1. The highest BCUT2D eigenvalue weighted by molar-refractivity contribution is 5.85. The number of hydrogen-bond donors (Lipinski definition) is 1. The number of benzene rings is 2. The molecule has 2 aromatic carbocycles. The predicted molar refractivity (Wildman–Crippen MR) is 91.8 cm³/mol. The molecule has 0 bridgehead atoms. The zero-order chi connectivity index (χ0) is 15.5. The summed E-state index contributed by atoms with van der Waals surface area (Å²) in [6.07, 6.45) is 4.11. The molecule has 0 spiro atoms. The normalized spacial score (nSPS) is 25.1. The van der Waals surface area contributed by atoms with Gasteiger partial charge in [-0.15, -0.1) is 0 Å². The van der Waals surface area contributed by atoms with Crippen molar-refractivity contribution >= 4 is 16.7 Å². The topological polar surface area (TPSA) is 29.1 Å². The van der Waals surface area contributed by atoms with Crippen LogP contribution in [0.25, 0.3) is 10.8 Å².